The quantitative estimate of drug-likeness (QED) is 0.114. The molecule has 0 radical (unpaired) electrons. The summed E-state index contributed by atoms with van der Waals surface area (Å²) in [6.45, 7) is 5.82. The van der Waals surface area contributed by atoms with Gasteiger partial charge in [0.15, 0.2) is 5.13 Å². The van der Waals surface area contributed by atoms with Gasteiger partial charge in [-0.1, -0.05) is 29.5 Å². The Kier molecular flexibility index (Phi) is 5.72. The molecule has 4 aromatic rings. The number of nitro benzene ring substituents is 1. The Balaban J connectivity index is 1.57. The number of thiazole rings is 1. The van der Waals surface area contributed by atoms with E-state index >= 15 is 0 Å². The minimum absolute atomic E-state index is 0.0148. The lowest BCUT2D eigenvalue weighted by Crippen LogP contribution is -2.29. The van der Waals surface area contributed by atoms with Gasteiger partial charge in [-0.25, -0.2) is 4.98 Å². The third-order valence-electron chi connectivity index (χ3n) is 7.04. The third-order valence-corrected chi connectivity index (χ3v) is 8.04. The van der Waals surface area contributed by atoms with Crippen molar-refractivity contribution in [2.75, 3.05) is 4.90 Å². The van der Waals surface area contributed by atoms with E-state index in [2.05, 4.69) is 0 Å². The number of nitro groups is 1. The number of benzene rings is 3. The number of aryl methyl sites for hydroxylation is 2. The van der Waals surface area contributed by atoms with Gasteiger partial charge in [0.25, 0.3) is 11.5 Å². The summed E-state index contributed by atoms with van der Waals surface area (Å²) in [4.78, 5) is 44.1. The normalized spacial score (nSPS) is 19.9. The van der Waals surface area contributed by atoms with Gasteiger partial charge in [-0.15, -0.1) is 0 Å². The zero-order valence-corrected chi connectivity index (χ0v) is 22.1. The molecule has 2 aliphatic rings. The Morgan fingerprint density at radius 2 is 1.95 bits per heavy atom. The van der Waals surface area contributed by atoms with Crippen LogP contribution < -0.4 is 9.64 Å². The molecule has 0 bridgehead atoms. The van der Waals surface area contributed by atoms with Crippen molar-refractivity contribution in [3.05, 3.63) is 98.1 Å². The van der Waals surface area contributed by atoms with Gasteiger partial charge >= 0.3 is 5.91 Å². The van der Waals surface area contributed by atoms with Crippen LogP contribution in [0.3, 0.4) is 0 Å². The van der Waals surface area contributed by atoms with Gasteiger partial charge in [0.2, 0.25) is 0 Å². The smallest absolute Gasteiger partial charge is 0.301 e. The first kappa shape index (κ1) is 24.7. The lowest BCUT2D eigenvalue weighted by atomic mass is 9.94. The first-order valence-corrected chi connectivity index (χ1v) is 13.2. The number of aliphatic hydroxyl groups excluding tert-OH is 1. The standard InChI is InChI=1S/C29H23N3O6S/c1-14-9-15(2)24-22(10-14)39-29(30-24)31-25(17-5-4-6-20(13-17)32(36)37)23(27(34)28(31)35)26(33)18-7-8-21-19(12-18)11-16(3)38-21/h4-10,12-13,16,25,33H,11H2,1-3H3/t16-,25-/m0/s1. The predicted octanol–water partition coefficient (Wildman–Crippen LogP) is 5.77. The number of aromatic nitrogens is 1. The van der Waals surface area contributed by atoms with E-state index in [4.69, 9.17) is 9.72 Å². The summed E-state index contributed by atoms with van der Waals surface area (Å²) in [5.74, 6) is -1.40. The SMILES string of the molecule is Cc1cc(C)c2nc(N3C(=O)C(=O)C(=C(O)c4ccc5c(c4)C[C@H](C)O5)[C@@H]3c3cccc([N+](=O)[O-])c3)sc2c1. The monoisotopic (exact) mass is 541 g/mol. The van der Waals surface area contributed by atoms with Gasteiger partial charge in [0.1, 0.15) is 17.6 Å². The Labute approximate surface area is 227 Å². The molecule has 1 amide bonds. The number of rotatable bonds is 4. The van der Waals surface area contributed by atoms with E-state index in [0.717, 1.165) is 21.4 Å². The minimum Gasteiger partial charge on any atom is -0.507 e. The number of anilines is 1. The molecule has 39 heavy (non-hydrogen) atoms. The second-order valence-electron chi connectivity index (χ2n) is 9.90. The number of ketones is 1. The molecule has 1 saturated heterocycles. The summed E-state index contributed by atoms with van der Waals surface area (Å²) < 4.78 is 6.60. The topological polar surface area (TPSA) is 123 Å². The van der Waals surface area contributed by atoms with Gasteiger partial charge in [0.05, 0.1) is 26.8 Å². The molecular formula is C29H23N3O6S. The number of aliphatic hydroxyl groups is 1. The number of carbonyl (C=O) groups excluding carboxylic acids is 2. The Hall–Kier alpha value is -4.57. The largest absolute Gasteiger partial charge is 0.507 e. The lowest BCUT2D eigenvalue weighted by molar-refractivity contribution is -0.384. The Morgan fingerprint density at radius 3 is 2.72 bits per heavy atom. The zero-order valence-electron chi connectivity index (χ0n) is 21.3. The number of carbonyl (C=O) groups is 2. The first-order chi connectivity index (χ1) is 18.6. The maximum absolute atomic E-state index is 13.6. The molecule has 10 heteroatoms. The van der Waals surface area contributed by atoms with Gasteiger partial charge in [0, 0.05) is 24.1 Å². The number of ether oxygens (including phenoxy) is 1. The number of hydrogen-bond donors (Lipinski definition) is 1. The van der Waals surface area contributed by atoms with Crippen molar-refractivity contribution in [3.63, 3.8) is 0 Å². The van der Waals surface area contributed by atoms with Crippen LogP contribution in [0.5, 0.6) is 5.75 Å². The number of non-ortho nitro benzene ring substituents is 1. The van der Waals surface area contributed by atoms with Crippen molar-refractivity contribution in [3.8, 4) is 5.75 Å². The van der Waals surface area contributed by atoms with Gasteiger partial charge in [-0.05, 0) is 67.3 Å². The second-order valence-corrected chi connectivity index (χ2v) is 10.9. The zero-order chi connectivity index (χ0) is 27.6. The first-order valence-electron chi connectivity index (χ1n) is 12.4. The van der Waals surface area contributed by atoms with Crippen LogP contribution in [0.1, 0.15) is 40.8 Å². The Morgan fingerprint density at radius 1 is 1.15 bits per heavy atom. The predicted molar refractivity (Wildman–Crippen MR) is 147 cm³/mol. The van der Waals surface area contributed by atoms with E-state index in [1.807, 2.05) is 32.9 Å². The molecule has 2 aliphatic heterocycles. The average molecular weight is 542 g/mol. The van der Waals surface area contributed by atoms with E-state index in [9.17, 15) is 24.8 Å². The maximum atomic E-state index is 13.6. The molecule has 0 unspecified atom stereocenters. The number of amides is 1. The van der Waals surface area contributed by atoms with Crippen LogP contribution in [-0.4, -0.2) is 32.8 Å². The van der Waals surface area contributed by atoms with E-state index in [1.165, 1.54) is 34.4 Å². The van der Waals surface area contributed by atoms with Crippen LogP contribution in [0.2, 0.25) is 0 Å². The van der Waals surface area contributed by atoms with Gasteiger partial charge in [-0.3, -0.25) is 24.6 Å². The number of Topliss-reactive ketones (excluding diaryl/α,β-unsaturated/α-hetero) is 1. The van der Waals surface area contributed by atoms with E-state index in [0.29, 0.717) is 28.8 Å². The lowest BCUT2D eigenvalue weighted by Gasteiger charge is -2.22. The van der Waals surface area contributed by atoms with Crippen molar-refractivity contribution in [2.45, 2.75) is 39.3 Å². The maximum Gasteiger partial charge on any atom is 0.301 e. The molecule has 1 fully saturated rings. The molecule has 1 N–H and O–H groups in total. The number of nitrogens with zero attached hydrogens (tertiary/aromatic N) is 3. The molecule has 9 nitrogen and oxygen atoms in total. The van der Waals surface area contributed by atoms with Gasteiger partial charge < -0.3 is 9.84 Å². The molecule has 1 aromatic heterocycles. The van der Waals surface area contributed by atoms with Crippen molar-refractivity contribution in [2.24, 2.45) is 0 Å². The van der Waals surface area contributed by atoms with Crippen LogP contribution in [-0.2, 0) is 16.0 Å². The summed E-state index contributed by atoms with van der Waals surface area (Å²) in [6, 6.07) is 13.7. The molecule has 3 heterocycles. The summed E-state index contributed by atoms with van der Waals surface area (Å²) in [7, 11) is 0. The van der Waals surface area contributed by atoms with Crippen LogP contribution in [0, 0.1) is 24.0 Å². The molecule has 0 saturated carbocycles. The molecule has 2 atom stereocenters. The fraction of sp³-hybridized carbons (Fsp3) is 0.207. The molecule has 6 rings (SSSR count). The van der Waals surface area contributed by atoms with Crippen LogP contribution in [0.4, 0.5) is 10.8 Å². The highest BCUT2D eigenvalue weighted by Gasteiger charge is 2.48. The van der Waals surface area contributed by atoms with Gasteiger partial charge in [-0.2, -0.15) is 0 Å². The van der Waals surface area contributed by atoms with Crippen LogP contribution >= 0.6 is 11.3 Å². The Bertz CT molecular complexity index is 1760. The fourth-order valence-electron chi connectivity index (χ4n) is 5.34. The third kappa shape index (κ3) is 4.04. The number of fused-ring (bicyclic) bond motifs is 2. The molecule has 0 aliphatic carbocycles. The average Bonchev–Trinajstić information content (AvgIpc) is 3.56. The summed E-state index contributed by atoms with van der Waals surface area (Å²) in [5, 5.41) is 23.3. The minimum atomic E-state index is -1.12. The van der Waals surface area contributed by atoms with Crippen molar-refractivity contribution < 1.29 is 24.4 Å². The van der Waals surface area contributed by atoms with Crippen LogP contribution in [0.15, 0.2) is 60.2 Å². The summed E-state index contributed by atoms with van der Waals surface area (Å²) >= 11 is 1.25. The summed E-state index contributed by atoms with van der Waals surface area (Å²) in [6.07, 6.45) is 0.628. The molecule has 196 valence electrons. The molecule has 0 spiro atoms. The van der Waals surface area contributed by atoms with Crippen molar-refractivity contribution in [1.82, 2.24) is 4.98 Å². The highest BCUT2D eigenvalue weighted by atomic mass is 32.1. The summed E-state index contributed by atoms with van der Waals surface area (Å²) in [5.41, 5.74) is 3.86. The molecular weight excluding hydrogens is 518 g/mol. The van der Waals surface area contributed by atoms with Crippen LogP contribution in [0.25, 0.3) is 16.0 Å². The van der Waals surface area contributed by atoms with Crippen molar-refractivity contribution >= 4 is 49.8 Å². The highest BCUT2D eigenvalue weighted by molar-refractivity contribution is 7.22. The highest BCUT2D eigenvalue weighted by Crippen LogP contribution is 2.45. The van der Waals surface area contributed by atoms with E-state index in [-0.39, 0.29) is 28.3 Å². The van der Waals surface area contributed by atoms with E-state index < -0.39 is 22.7 Å². The molecule has 3 aromatic carbocycles. The van der Waals surface area contributed by atoms with Crippen molar-refractivity contribution in [1.29, 1.82) is 0 Å². The number of hydrogen-bond acceptors (Lipinski definition) is 8. The fourth-order valence-corrected chi connectivity index (χ4v) is 6.51. The second kappa shape index (κ2) is 9.02. The van der Waals surface area contributed by atoms with E-state index in [1.54, 1.807) is 24.3 Å².